The van der Waals surface area contributed by atoms with Gasteiger partial charge in [0.15, 0.2) is 5.82 Å². The van der Waals surface area contributed by atoms with Crippen LogP contribution in [0.15, 0.2) is 41.1 Å². The van der Waals surface area contributed by atoms with E-state index in [1.807, 2.05) is 38.1 Å². The molecular formula is C16H20N4O3. The third kappa shape index (κ3) is 5.14. The normalized spacial score (nSPS) is 10.2. The van der Waals surface area contributed by atoms with Crippen molar-refractivity contribution in [1.82, 2.24) is 10.1 Å². The summed E-state index contributed by atoms with van der Waals surface area (Å²) in [6.45, 7) is 4.32. The Bertz CT molecular complexity index is 655. The molecule has 1 aromatic heterocycles. The first-order chi connectivity index (χ1) is 11.1. The van der Waals surface area contributed by atoms with Crippen LogP contribution in [0.3, 0.4) is 0 Å². The Hall–Kier alpha value is -2.83. The summed E-state index contributed by atoms with van der Waals surface area (Å²) in [7, 11) is 0. The van der Waals surface area contributed by atoms with Crippen LogP contribution in [-0.4, -0.2) is 35.1 Å². The van der Waals surface area contributed by atoms with Crippen LogP contribution in [-0.2, 0) is 4.79 Å². The smallest absolute Gasteiger partial charge is 0.322 e. The predicted molar refractivity (Wildman–Crippen MR) is 87.2 cm³/mol. The number of amides is 3. The Morgan fingerprint density at radius 2 is 2.09 bits per heavy atom. The minimum atomic E-state index is -0.327. The molecule has 1 heterocycles. The van der Waals surface area contributed by atoms with Gasteiger partial charge in [0.1, 0.15) is 12.8 Å². The second-order valence-electron chi connectivity index (χ2n) is 5.15. The van der Waals surface area contributed by atoms with Crippen molar-refractivity contribution in [3.05, 3.63) is 42.2 Å². The lowest BCUT2D eigenvalue weighted by atomic mass is 10.2. The Balaban J connectivity index is 1.96. The number of nitrogens with one attached hydrogen (secondary N) is 2. The van der Waals surface area contributed by atoms with Crippen LogP contribution in [0.4, 0.5) is 16.3 Å². The number of nitrogens with zero attached hydrogens (tertiary/aromatic N) is 2. The number of aromatic nitrogens is 1. The molecule has 0 spiro atoms. The van der Waals surface area contributed by atoms with Crippen molar-refractivity contribution in [1.29, 1.82) is 0 Å². The summed E-state index contributed by atoms with van der Waals surface area (Å²) in [5.41, 5.74) is 1.75. The third-order valence-electron chi connectivity index (χ3n) is 3.09. The lowest BCUT2D eigenvalue weighted by Gasteiger charge is -2.21. The molecule has 0 aliphatic heterocycles. The molecule has 0 atom stereocenters. The lowest BCUT2D eigenvalue weighted by molar-refractivity contribution is -0.116. The van der Waals surface area contributed by atoms with E-state index in [2.05, 4.69) is 20.3 Å². The molecule has 0 saturated heterocycles. The van der Waals surface area contributed by atoms with E-state index in [0.29, 0.717) is 18.1 Å². The highest BCUT2D eigenvalue weighted by atomic mass is 16.5. The van der Waals surface area contributed by atoms with E-state index in [-0.39, 0.29) is 18.5 Å². The van der Waals surface area contributed by atoms with Gasteiger partial charge in [-0.25, -0.2) is 4.79 Å². The average Bonchev–Trinajstić information content (AvgIpc) is 2.99. The zero-order valence-corrected chi connectivity index (χ0v) is 13.2. The zero-order valence-electron chi connectivity index (χ0n) is 13.2. The fourth-order valence-corrected chi connectivity index (χ4v) is 2.08. The van der Waals surface area contributed by atoms with Gasteiger partial charge in [-0.3, -0.25) is 4.79 Å². The van der Waals surface area contributed by atoms with Gasteiger partial charge in [-0.15, -0.1) is 0 Å². The molecule has 1 aromatic carbocycles. The van der Waals surface area contributed by atoms with Gasteiger partial charge in [0.25, 0.3) is 0 Å². The van der Waals surface area contributed by atoms with Crippen LogP contribution >= 0.6 is 0 Å². The van der Waals surface area contributed by atoms with E-state index in [4.69, 9.17) is 0 Å². The van der Waals surface area contributed by atoms with Gasteiger partial charge >= 0.3 is 6.03 Å². The van der Waals surface area contributed by atoms with Gasteiger partial charge in [0, 0.05) is 18.3 Å². The highest BCUT2D eigenvalue weighted by molar-refractivity contribution is 5.96. The number of rotatable bonds is 6. The topological polar surface area (TPSA) is 87.5 Å². The van der Waals surface area contributed by atoms with Crippen molar-refractivity contribution in [2.24, 2.45) is 0 Å². The van der Waals surface area contributed by atoms with Gasteiger partial charge < -0.3 is 20.1 Å². The molecule has 0 unspecified atom stereocenters. The number of aryl methyl sites for hydroxylation is 1. The SMILES string of the molecule is CCCN(CC(=O)Nc1ccon1)C(=O)Nc1cccc(C)c1. The first-order valence-corrected chi connectivity index (χ1v) is 7.41. The summed E-state index contributed by atoms with van der Waals surface area (Å²) in [6.07, 6.45) is 2.11. The fourth-order valence-electron chi connectivity index (χ4n) is 2.08. The maximum atomic E-state index is 12.4. The highest BCUT2D eigenvalue weighted by Gasteiger charge is 2.17. The van der Waals surface area contributed by atoms with E-state index < -0.39 is 0 Å². The summed E-state index contributed by atoms with van der Waals surface area (Å²) < 4.78 is 4.65. The van der Waals surface area contributed by atoms with E-state index in [1.54, 1.807) is 0 Å². The third-order valence-corrected chi connectivity index (χ3v) is 3.09. The van der Waals surface area contributed by atoms with E-state index in [1.165, 1.54) is 17.2 Å². The molecule has 7 nitrogen and oxygen atoms in total. The highest BCUT2D eigenvalue weighted by Crippen LogP contribution is 2.11. The molecule has 0 radical (unpaired) electrons. The summed E-state index contributed by atoms with van der Waals surface area (Å²) in [5.74, 6) is -0.00252. The summed E-state index contributed by atoms with van der Waals surface area (Å²) >= 11 is 0. The van der Waals surface area contributed by atoms with Crippen molar-refractivity contribution in [3.8, 4) is 0 Å². The molecule has 7 heteroatoms. The Kier molecular flexibility index (Phi) is 5.74. The summed E-state index contributed by atoms with van der Waals surface area (Å²) in [5, 5.41) is 8.98. The summed E-state index contributed by atoms with van der Waals surface area (Å²) in [6, 6.07) is 8.72. The van der Waals surface area contributed by atoms with Gasteiger partial charge in [-0.1, -0.05) is 24.2 Å². The van der Waals surface area contributed by atoms with Crippen LogP contribution in [0.1, 0.15) is 18.9 Å². The van der Waals surface area contributed by atoms with Crippen molar-refractivity contribution in [3.63, 3.8) is 0 Å². The molecule has 2 N–H and O–H groups in total. The van der Waals surface area contributed by atoms with Crippen LogP contribution < -0.4 is 10.6 Å². The molecule has 0 aliphatic carbocycles. The molecule has 122 valence electrons. The largest absolute Gasteiger partial charge is 0.363 e. The maximum Gasteiger partial charge on any atom is 0.322 e. The van der Waals surface area contributed by atoms with E-state index in [9.17, 15) is 9.59 Å². The van der Waals surface area contributed by atoms with Crippen LogP contribution in [0, 0.1) is 6.92 Å². The van der Waals surface area contributed by atoms with Crippen LogP contribution in [0.5, 0.6) is 0 Å². The maximum absolute atomic E-state index is 12.4. The standard InChI is InChI=1S/C16H20N4O3/c1-3-8-20(11-15(21)18-14-7-9-23-19-14)16(22)17-13-6-4-5-12(2)10-13/h4-7,9-10H,3,8,11H2,1-2H3,(H,17,22)(H,18,19,21). The predicted octanol–water partition coefficient (Wildman–Crippen LogP) is 2.87. The number of anilines is 2. The van der Waals surface area contributed by atoms with Gasteiger partial charge in [0.2, 0.25) is 5.91 Å². The number of hydrogen-bond acceptors (Lipinski definition) is 4. The van der Waals surface area contributed by atoms with Crippen molar-refractivity contribution >= 4 is 23.4 Å². The van der Waals surface area contributed by atoms with Gasteiger partial charge in [0.05, 0.1) is 0 Å². The van der Waals surface area contributed by atoms with Crippen molar-refractivity contribution in [2.45, 2.75) is 20.3 Å². The molecule has 2 rings (SSSR count). The van der Waals surface area contributed by atoms with E-state index >= 15 is 0 Å². The quantitative estimate of drug-likeness (QED) is 0.858. The molecule has 0 bridgehead atoms. The minimum Gasteiger partial charge on any atom is -0.363 e. The van der Waals surface area contributed by atoms with E-state index in [0.717, 1.165) is 12.0 Å². The summed E-state index contributed by atoms with van der Waals surface area (Å²) in [4.78, 5) is 25.8. The number of carbonyl (C=O) groups excluding carboxylic acids is 2. The average molecular weight is 316 g/mol. The molecule has 0 saturated carbocycles. The lowest BCUT2D eigenvalue weighted by Crippen LogP contribution is -2.41. The number of hydrogen-bond donors (Lipinski definition) is 2. The molecule has 0 fully saturated rings. The van der Waals surface area contributed by atoms with Crippen LogP contribution in [0.25, 0.3) is 0 Å². The van der Waals surface area contributed by atoms with Crippen molar-refractivity contribution in [2.75, 3.05) is 23.7 Å². The molecule has 2 aromatic rings. The second kappa shape index (κ2) is 7.98. The first kappa shape index (κ1) is 16.5. The molecule has 23 heavy (non-hydrogen) atoms. The minimum absolute atomic E-state index is 0.0572. The van der Waals surface area contributed by atoms with Crippen molar-refractivity contribution < 1.29 is 14.1 Å². The number of benzene rings is 1. The monoisotopic (exact) mass is 316 g/mol. The molecular weight excluding hydrogens is 296 g/mol. The van der Waals surface area contributed by atoms with Crippen LogP contribution in [0.2, 0.25) is 0 Å². The zero-order chi connectivity index (χ0) is 16.7. The fraction of sp³-hybridized carbons (Fsp3) is 0.312. The number of urea groups is 1. The second-order valence-corrected chi connectivity index (χ2v) is 5.15. The van der Waals surface area contributed by atoms with Gasteiger partial charge in [-0.2, -0.15) is 0 Å². The Morgan fingerprint density at radius 1 is 1.26 bits per heavy atom. The Labute approximate surface area is 134 Å². The Morgan fingerprint density at radius 3 is 2.74 bits per heavy atom. The number of carbonyl (C=O) groups is 2. The van der Waals surface area contributed by atoms with Gasteiger partial charge in [-0.05, 0) is 31.0 Å². The molecule has 3 amide bonds. The first-order valence-electron chi connectivity index (χ1n) is 7.41. The molecule has 0 aliphatic rings.